The van der Waals surface area contributed by atoms with Crippen molar-refractivity contribution in [3.05, 3.63) is 53.3 Å². The van der Waals surface area contributed by atoms with Gasteiger partial charge in [-0.05, 0) is 42.2 Å². The number of carbonyl (C=O) groups is 2. The van der Waals surface area contributed by atoms with E-state index in [1.54, 1.807) is 12.1 Å². The minimum Gasteiger partial charge on any atom is -0.366 e. The maximum atomic E-state index is 12.2. The van der Waals surface area contributed by atoms with Crippen LogP contribution in [-0.4, -0.2) is 16.3 Å². The molecule has 4 nitrogen and oxygen atoms in total. The van der Waals surface area contributed by atoms with Crippen LogP contribution >= 0.6 is 0 Å². The zero-order valence-electron chi connectivity index (χ0n) is 12.2. The van der Waals surface area contributed by atoms with Crippen molar-refractivity contribution in [1.82, 2.24) is 4.57 Å². The molecule has 0 atom stereocenters. The molecule has 1 aromatic carbocycles. The second kappa shape index (κ2) is 4.58. The molecule has 2 aromatic rings. The van der Waals surface area contributed by atoms with Gasteiger partial charge < -0.3 is 10.3 Å². The summed E-state index contributed by atoms with van der Waals surface area (Å²) in [4.78, 5) is 23.3. The summed E-state index contributed by atoms with van der Waals surface area (Å²) in [6.45, 7) is 4.22. The summed E-state index contributed by atoms with van der Waals surface area (Å²) >= 11 is 0. The van der Waals surface area contributed by atoms with E-state index in [9.17, 15) is 9.59 Å². The lowest BCUT2D eigenvalue weighted by molar-refractivity contribution is 0.0910. The van der Waals surface area contributed by atoms with Gasteiger partial charge in [-0.3, -0.25) is 9.59 Å². The summed E-state index contributed by atoms with van der Waals surface area (Å²) in [6.07, 6.45) is 3.37. The number of primary amides is 1. The van der Waals surface area contributed by atoms with Crippen LogP contribution in [0, 0.1) is 5.41 Å². The number of ketones is 1. The van der Waals surface area contributed by atoms with Crippen LogP contribution in [0.4, 0.5) is 0 Å². The number of nitrogens with zero attached hydrogens (tertiary/aromatic N) is 1. The van der Waals surface area contributed by atoms with Crippen LogP contribution in [0.5, 0.6) is 0 Å². The predicted octanol–water partition coefficient (Wildman–Crippen LogP) is 2.73. The van der Waals surface area contributed by atoms with E-state index in [1.807, 2.05) is 29.0 Å². The third-order valence-corrected chi connectivity index (χ3v) is 4.01. The summed E-state index contributed by atoms with van der Waals surface area (Å²) in [5.41, 5.74) is 8.51. The fraction of sp³-hybridized carbons (Fsp3) is 0.294. The SMILES string of the molecule is CC1(C)CC(=O)c2ccn(-c3ccc(C(N)=O)cc3)c2C1. The van der Waals surface area contributed by atoms with Gasteiger partial charge in [-0.2, -0.15) is 0 Å². The molecular formula is C17H18N2O2. The highest BCUT2D eigenvalue weighted by Crippen LogP contribution is 2.36. The molecule has 1 aliphatic rings. The standard InChI is InChI=1S/C17H18N2O2/c1-17(2)9-14-13(15(20)10-17)7-8-19(14)12-5-3-11(4-6-12)16(18)21/h3-8H,9-10H2,1-2H3,(H2,18,21). The topological polar surface area (TPSA) is 65.1 Å². The van der Waals surface area contributed by atoms with Crippen LogP contribution in [0.3, 0.4) is 0 Å². The number of carbonyl (C=O) groups excluding carboxylic acids is 2. The van der Waals surface area contributed by atoms with E-state index in [2.05, 4.69) is 13.8 Å². The Bertz CT molecular complexity index is 724. The summed E-state index contributed by atoms with van der Waals surface area (Å²) in [6, 6.07) is 9.01. The molecule has 3 rings (SSSR count). The summed E-state index contributed by atoms with van der Waals surface area (Å²) in [5, 5.41) is 0. The van der Waals surface area contributed by atoms with Crippen molar-refractivity contribution in [2.24, 2.45) is 11.1 Å². The van der Waals surface area contributed by atoms with Crippen molar-refractivity contribution in [1.29, 1.82) is 0 Å². The first-order valence-electron chi connectivity index (χ1n) is 7.01. The summed E-state index contributed by atoms with van der Waals surface area (Å²) in [5.74, 6) is -0.235. The van der Waals surface area contributed by atoms with E-state index >= 15 is 0 Å². The quantitative estimate of drug-likeness (QED) is 0.920. The molecule has 0 bridgehead atoms. The average molecular weight is 282 g/mol. The number of benzene rings is 1. The van der Waals surface area contributed by atoms with Gasteiger partial charge >= 0.3 is 0 Å². The van der Waals surface area contributed by atoms with Crippen molar-refractivity contribution in [3.8, 4) is 5.69 Å². The Morgan fingerprint density at radius 2 is 1.81 bits per heavy atom. The van der Waals surface area contributed by atoms with Crippen molar-refractivity contribution in [3.63, 3.8) is 0 Å². The monoisotopic (exact) mass is 282 g/mol. The van der Waals surface area contributed by atoms with E-state index < -0.39 is 5.91 Å². The van der Waals surface area contributed by atoms with E-state index in [1.165, 1.54) is 0 Å². The van der Waals surface area contributed by atoms with Crippen molar-refractivity contribution in [2.45, 2.75) is 26.7 Å². The summed E-state index contributed by atoms with van der Waals surface area (Å²) < 4.78 is 2.03. The number of hydrogen-bond acceptors (Lipinski definition) is 2. The number of nitrogens with two attached hydrogens (primary N) is 1. The van der Waals surface area contributed by atoms with E-state index in [0.717, 1.165) is 23.4 Å². The van der Waals surface area contributed by atoms with Crippen molar-refractivity contribution < 1.29 is 9.59 Å². The lowest BCUT2D eigenvalue weighted by Crippen LogP contribution is -2.27. The summed E-state index contributed by atoms with van der Waals surface area (Å²) in [7, 11) is 0. The Morgan fingerprint density at radius 1 is 1.14 bits per heavy atom. The van der Waals surface area contributed by atoms with Gasteiger partial charge in [0.2, 0.25) is 5.91 Å². The lowest BCUT2D eigenvalue weighted by Gasteiger charge is -2.29. The molecule has 1 aromatic heterocycles. The first kappa shape index (κ1) is 13.6. The first-order valence-corrected chi connectivity index (χ1v) is 7.01. The second-order valence-corrected chi connectivity index (χ2v) is 6.40. The lowest BCUT2D eigenvalue weighted by atomic mass is 9.76. The van der Waals surface area contributed by atoms with Gasteiger partial charge in [-0.15, -0.1) is 0 Å². The van der Waals surface area contributed by atoms with Gasteiger partial charge in [0.1, 0.15) is 0 Å². The van der Waals surface area contributed by atoms with Crippen LogP contribution < -0.4 is 5.73 Å². The fourth-order valence-electron chi connectivity index (χ4n) is 2.97. The van der Waals surface area contributed by atoms with E-state index in [-0.39, 0.29) is 11.2 Å². The van der Waals surface area contributed by atoms with E-state index in [0.29, 0.717) is 12.0 Å². The molecule has 108 valence electrons. The molecule has 4 heteroatoms. The highest BCUT2D eigenvalue weighted by Gasteiger charge is 2.33. The number of hydrogen-bond donors (Lipinski definition) is 1. The molecule has 0 spiro atoms. The minimum absolute atomic E-state index is 0.0205. The first-order chi connectivity index (χ1) is 9.87. The van der Waals surface area contributed by atoms with Crippen LogP contribution in [0.1, 0.15) is 46.7 Å². The smallest absolute Gasteiger partial charge is 0.248 e. The molecule has 0 saturated carbocycles. The Balaban J connectivity index is 2.05. The minimum atomic E-state index is -0.438. The third kappa shape index (κ3) is 2.37. The Labute approximate surface area is 123 Å². The number of fused-ring (bicyclic) bond motifs is 1. The van der Waals surface area contributed by atoms with Gasteiger partial charge in [0, 0.05) is 35.1 Å². The Morgan fingerprint density at radius 3 is 2.43 bits per heavy atom. The van der Waals surface area contributed by atoms with Crippen LogP contribution in [0.15, 0.2) is 36.5 Å². The third-order valence-electron chi connectivity index (χ3n) is 4.01. The fourth-order valence-corrected chi connectivity index (χ4v) is 2.97. The molecule has 0 unspecified atom stereocenters. The van der Waals surface area contributed by atoms with Crippen LogP contribution in [0.25, 0.3) is 5.69 Å². The molecular weight excluding hydrogens is 264 g/mol. The maximum absolute atomic E-state index is 12.2. The predicted molar refractivity (Wildman–Crippen MR) is 80.7 cm³/mol. The zero-order chi connectivity index (χ0) is 15.2. The number of amides is 1. The molecule has 1 aliphatic carbocycles. The molecule has 0 radical (unpaired) electrons. The molecule has 0 aliphatic heterocycles. The average Bonchev–Trinajstić information content (AvgIpc) is 2.81. The largest absolute Gasteiger partial charge is 0.366 e. The highest BCUT2D eigenvalue weighted by molar-refractivity contribution is 5.99. The highest BCUT2D eigenvalue weighted by atomic mass is 16.1. The zero-order valence-corrected chi connectivity index (χ0v) is 12.2. The van der Waals surface area contributed by atoms with Gasteiger partial charge in [0.05, 0.1) is 0 Å². The van der Waals surface area contributed by atoms with Crippen molar-refractivity contribution >= 4 is 11.7 Å². The maximum Gasteiger partial charge on any atom is 0.248 e. The Kier molecular flexibility index (Phi) is 2.97. The van der Waals surface area contributed by atoms with E-state index in [4.69, 9.17) is 5.73 Å². The number of rotatable bonds is 2. The van der Waals surface area contributed by atoms with Crippen LogP contribution in [-0.2, 0) is 6.42 Å². The van der Waals surface area contributed by atoms with Gasteiger partial charge in [-0.1, -0.05) is 13.8 Å². The van der Waals surface area contributed by atoms with Crippen molar-refractivity contribution in [2.75, 3.05) is 0 Å². The molecule has 2 N–H and O–H groups in total. The Hall–Kier alpha value is -2.36. The number of Topliss-reactive ketones (excluding diaryl/α,β-unsaturated/α-hetero) is 1. The van der Waals surface area contributed by atoms with Gasteiger partial charge in [0.25, 0.3) is 0 Å². The molecule has 1 amide bonds. The second-order valence-electron chi connectivity index (χ2n) is 6.40. The molecule has 21 heavy (non-hydrogen) atoms. The molecule has 0 fully saturated rings. The number of aromatic nitrogens is 1. The van der Waals surface area contributed by atoms with Gasteiger partial charge in [-0.25, -0.2) is 0 Å². The van der Waals surface area contributed by atoms with Crippen LogP contribution in [0.2, 0.25) is 0 Å². The van der Waals surface area contributed by atoms with Gasteiger partial charge in [0.15, 0.2) is 5.78 Å². The normalized spacial score (nSPS) is 16.6. The molecule has 0 saturated heterocycles. The molecule has 1 heterocycles.